The van der Waals surface area contributed by atoms with E-state index in [1.807, 2.05) is 13.8 Å². The Labute approximate surface area is 153 Å². The molecule has 0 fully saturated rings. The summed E-state index contributed by atoms with van der Waals surface area (Å²) in [5.74, 6) is -0.687. The molecule has 3 rings (SSSR count). The zero-order valence-electron chi connectivity index (χ0n) is 14.1. The molecule has 1 atom stereocenters. The first-order valence-corrected chi connectivity index (χ1v) is 9.32. The van der Waals surface area contributed by atoms with E-state index in [4.69, 9.17) is 0 Å². The van der Waals surface area contributed by atoms with Crippen LogP contribution in [0.25, 0.3) is 0 Å². The van der Waals surface area contributed by atoms with Crippen LogP contribution in [0, 0.1) is 5.82 Å². The number of benzene rings is 2. The van der Waals surface area contributed by atoms with Gasteiger partial charge in [0.2, 0.25) is 0 Å². The molecule has 25 heavy (non-hydrogen) atoms. The van der Waals surface area contributed by atoms with Gasteiger partial charge < -0.3 is 0 Å². The van der Waals surface area contributed by atoms with E-state index in [0.717, 1.165) is 17.2 Å². The Hall–Kier alpha value is -1.36. The summed E-state index contributed by atoms with van der Waals surface area (Å²) in [6.07, 6.45) is -3.08. The minimum absolute atomic E-state index is 0.259. The molecule has 134 valence electrons. The number of alkyl halides is 4. The van der Waals surface area contributed by atoms with E-state index >= 15 is 0 Å². The number of halogens is 5. The molecule has 0 nitrogen and oxygen atoms in total. The van der Waals surface area contributed by atoms with E-state index in [1.54, 1.807) is 18.2 Å². The first-order chi connectivity index (χ1) is 11.6. The lowest BCUT2D eigenvalue weighted by atomic mass is 9.66. The van der Waals surface area contributed by atoms with E-state index in [9.17, 15) is 17.6 Å². The van der Waals surface area contributed by atoms with Gasteiger partial charge in [0, 0.05) is 11.2 Å². The predicted molar refractivity (Wildman–Crippen MR) is 94.6 cm³/mol. The largest absolute Gasteiger partial charge is 0.416 e. The molecule has 0 spiro atoms. The van der Waals surface area contributed by atoms with Gasteiger partial charge in [-0.15, -0.1) is 0 Å². The average molecular weight is 415 g/mol. The van der Waals surface area contributed by atoms with E-state index < -0.39 is 11.7 Å². The van der Waals surface area contributed by atoms with Crippen molar-refractivity contribution in [3.05, 3.63) is 70.0 Å². The van der Waals surface area contributed by atoms with E-state index in [-0.39, 0.29) is 22.7 Å². The summed E-state index contributed by atoms with van der Waals surface area (Å²) in [5, 5.41) is 0.334. The Bertz CT molecular complexity index is 793. The van der Waals surface area contributed by atoms with E-state index in [1.165, 1.54) is 12.1 Å². The molecule has 0 radical (unpaired) electrons. The molecule has 0 heterocycles. The summed E-state index contributed by atoms with van der Waals surface area (Å²) in [5.41, 5.74) is 1.51. The minimum Gasteiger partial charge on any atom is -0.207 e. The lowest BCUT2D eigenvalue weighted by Gasteiger charge is -2.38. The lowest BCUT2D eigenvalue weighted by molar-refractivity contribution is -0.138. The van der Waals surface area contributed by atoms with Crippen molar-refractivity contribution in [1.82, 2.24) is 0 Å². The van der Waals surface area contributed by atoms with Crippen LogP contribution in [0.15, 0.2) is 36.4 Å². The van der Waals surface area contributed by atoms with Gasteiger partial charge in [-0.05, 0) is 52.6 Å². The second-order valence-corrected chi connectivity index (χ2v) is 7.79. The quantitative estimate of drug-likeness (QED) is 0.368. The number of hydrogen-bond donors (Lipinski definition) is 0. The first kappa shape index (κ1) is 18.4. The monoisotopic (exact) mass is 414 g/mol. The Morgan fingerprint density at radius 3 is 2.44 bits per heavy atom. The highest BCUT2D eigenvalue weighted by Crippen LogP contribution is 2.48. The average Bonchev–Trinajstić information content (AvgIpc) is 2.54. The van der Waals surface area contributed by atoms with E-state index in [2.05, 4.69) is 15.9 Å². The lowest BCUT2D eigenvalue weighted by Crippen LogP contribution is -2.28. The molecule has 0 aromatic heterocycles. The van der Waals surface area contributed by atoms with Crippen molar-refractivity contribution >= 4 is 15.9 Å². The van der Waals surface area contributed by atoms with Crippen molar-refractivity contribution in [3.8, 4) is 0 Å². The third-order valence-corrected chi connectivity index (χ3v) is 5.77. The molecule has 0 aliphatic heterocycles. The van der Waals surface area contributed by atoms with Gasteiger partial charge in [0.25, 0.3) is 0 Å². The van der Waals surface area contributed by atoms with Crippen LogP contribution in [0.3, 0.4) is 0 Å². The topological polar surface area (TPSA) is 0 Å². The predicted octanol–water partition coefficient (Wildman–Crippen LogP) is 6.94. The zero-order chi connectivity index (χ0) is 18.4. The summed E-state index contributed by atoms with van der Waals surface area (Å²) in [6.45, 7) is 4.04. The highest BCUT2D eigenvalue weighted by molar-refractivity contribution is 9.08. The fraction of sp³-hybridized carbons (Fsp3) is 0.400. The maximum Gasteiger partial charge on any atom is 0.416 e. The van der Waals surface area contributed by atoms with Gasteiger partial charge in [-0.1, -0.05) is 54.0 Å². The third-order valence-electron chi connectivity index (χ3n) is 5.17. The summed E-state index contributed by atoms with van der Waals surface area (Å²) >= 11 is 3.27. The molecule has 5 heteroatoms. The summed E-state index contributed by atoms with van der Waals surface area (Å²) in [7, 11) is 0. The first-order valence-electron chi connectivity index (χ1n) is 8.20. The molecule has 0 bridgehead atoms. The molecule has 1 aliphatic rings. The molecule has 0 saturated heterocycles. The third kappa shape index (κ3) is 3.35. The fourth-order valence-corrected chi connectivity index (χ4v) is 4.22. The molecule has 0 saturated carbocycles. The van der Waals surface area contributed by atoms with Crippen molar-refractivity contribution in [2.75, 3.05) is 0 Å². The normalized spacial score (nSPS) is 19.6. The van der Waals surface area contributed by atoms with Crippen LogP contribution in [0.5, 0.6) is 0 Å². The van der Waals surface area contributed by atoms with Gasteiger partial charge in [0.1, 0.15) is 5.82 Å². The van der Waals surface area contributed by atoms with Gasteiger partial charge >= 0.3 is 6.18 Å². The van der Waals surface area contributed by atoms with E-state index in [0.29, 0.717) is 23.7 Å². The molecule has 2 aromatic rings. The summed E-state index contributed by atoms with van der Waals surface area (Å²) < 4.78 is 54.7. The molecule has 2 aromatic carbocycles. The van der Waals surface area contributed by atoms with Crippen molar-refractivity contribution < 1.29 is 17.6 Å². The Balaban J connectivity index is 2.22. The van der Waals surface area contributed by atoms with Gasteiger partial charge in [0.05, 0.1) is 5.56 Å². The molecule has 1 unspecified atom stereocenters. The maximum absolute atomic E-state index is 14.3. The van der Waals surface area contributed by atoms with Crippen LogP contribution in [-0.2, 0) is 16.9 Å². The molecule has 0 N–H and O–H groups in total. The van der Waals surface area contributed by atoms with Crippen LogP contribution in [0.4, 0.5) is 17.6 Å². The highest BCUT2D eigenvalue weighted by Gasteiger charge is 2.39. The standard InChI is InChI=1S/C20H19BrF4/c1-19(2)8-7-13(14-5-3-4-6-16(14)20(23,24)25)15-9-12(11-21)18(22)10-17(15)19/h3-6,9-10,13H,7-8,11H2,1-2H3. The van der Waals surface area contributed by atoms with Gasteiger partial charge in [0.15, 0.2) is 0 Å². The van der Waals surface area contributed by atoms with Crippen molar-refractivity contribution in [1.29, 1.82) is 0 Å². The van der Waals surface area contributed by atoms with Crippen molar-refractivity contribution in [3.63, 3.8) is 0 Å². The number of hydrogen-bond acceptors (Lipinski definition) is 0. The molecular formula is C20H19BrF4. The van der Waals surface area contributed by atoms with Crippen LogP contribution >= 0.6 is 15.9 Å². The zero-order valence-corrected chi connectivity index (χ0v) is 15.6. The maximum atomic E-state index is 14.3. The second-order valence-electron chi connectivity index (χ2n) is 7.22. The minimum atomic E-state index is -4.40. The molecular weight excluding hydrogens is 396 g/mol. The van der Waals surface area contributed by atoms with Crippen molar-refractivity contribution in [2.45, 2.75) is 49.5 Å². The van der Waals surface area contributed by atoms with Crippen molar-refractivity contribution in [2.24, 2.45) is 0 Å². The molecule has 1 aliphatic carbocycles. The Morgan fingerprint density at radius 1 is 1.12 bits per heavy atom. The van der Waals surface area contributed by atoms with Gasteiger partial charge in [-0.2, -0.15) is 13.2 Å². The van der Waals surface area contributed by atoms with Crippen LogP contribution in [-0.4, -0.2) is 0 Å². The second kappa shape index (κ2) is 6.42. The fourth-order valence-electron chi connectivity index (χ4n) is 3.79. The number of rotatable bonds is 2. The Morgan fingerprint density at radius 2 is 1.80 bits per heavy atom. The van der Waals surface area contributed by atoms with Gasteiger partial charge in [-0.25, -0.2) is 4.39 Å². The van der Waals surface area contributed by atoms with Crippen LogP contribution in [0.2, 0.25) is 0 Å². The summed E-state index contributed by atoms with van der Waals surface area (Å²) in [4.78, 5) is 0. The summed E-state index contributed by atoms with van der Waals surface area (Å²) in [6, 6.07) is 8.97. The van der Waals surface area contributed by atoms with Gasteiger partial charge in [-0.3, -0.25) is 0 Å². The smallest absolute Gasteiger partial charge is 0.207 e. The number of fused-ring (bicyclic) bond motifs is 1. The van der Waals surface area contributed by atoms with Crippen LogP contribution < -0.4 is 0 Å². The van der Waals surface area contributed by atoms with Crippen LogP contribution in [0.1, 0.15) is 60.4 Å². The Kier molecular flexibility index (Phi) is 4.73. The SMILES string of the molecule is CC1(C)CCC(c2ccccc2C(F)(F)F)c2cc(CBr)c(F)cc21. The highest BCUT2D eigenvalue weighted by atomic mass is 79.9. The molecule has 0 amide bonds.